The Morgan fingerprint density at radius 2 is 2.14 bits per heavy atom. The lowest BCUT2D eigenvalue weighted by Crippen LogP contribution is -2.13. The number of benzene rings is 1. The molecule has 21 heavy (non-hydrogen) atoms. The minimum absolute atomic E-state index is 0.0272. The number of carbonyl (C=O) groups excluding carboxylic acids is 1. The molecule has 0 fully saturated rings. The molecule has 0 saturated heterocycles. The van der Waals surface area contributed by atoms with E-state index in [9.17, 15) is 20.0 Å². The van der Waals surface area contributed by atoms with Crippen molar-refractivity contribution in [1.29, 1.82) is 0 Å². The van der Waals surface area contributed by atoms with Gasteiger partial charge in [-0.1, -0.05) is 11.6 Å². The number of aromatic hydroxyl groups is 1. The summed E-state index contributed by atoms with van der Waals surface area (Å²) in [6.45, 7) is 0. The molecule has 0 unspecified atom stereocenters. The van der Waals surface area contributed by atoms with Gasteiger partial charge in [0.25, 0.3) is 11.6 Å². The standard InChI is InChI=1S/C12H7BrClN3O4/c13-6-3-8(11(14)15-5-6)12(19)16-9-4-7(17(20)21)1-2-10(9)18/h1-5,18H,(H,16,19). The summed E-state index contributed by atoms with van der Waals surface area (Å²) in [6.07, 6.45) is 1.42. The van der Waals surface area contributed by atoms with Crippen LogP contribution in [-0.2, 0) is 0 Å². The first-order chi connectivity index (χ1) is 9.88. The van der Waals surface area contributed by atoms with Crippen molar-refractivity contribution in [3.63, 3.8) is 0 Å². The van der Waals surface area contributed by atoms with Gasteiger partial charge in [-0.15, -0.1) is 0 Å². The van der Waals surface area contributed by atoms with E-state index in [0.29, 0.717) is 4.47 Å². The zero-order valence-corrected chi connectivity index (χ0v) is 12.6. The molecule has 0 spiro atoms. The Hall–Kier alpha value is -2.19. The summed E-state index contributed by atoms with van der Waals surface area (Å²) in [7, 11) is 0. The Morgan fingerprint density at radius 1 is 1.43 bits per heavy atom. The van der Waals surface area contributed by atoms with Gasteiger partial charge in [0, 0.05) is 22.8 Å². The highest BCUT2D eigenvalue weighted by molar-refractivity contribution is 9.10. The summed E-state index contributed by atoms with van der Waals surface area (Å²) < 4.78 is 0.542. The van der Waals surface area contributed by atoms with E-state index in [1.807, 2.05) is 0 Å². The van der Waals surface area contributed by atoms with Crippen LogP contribution in [-0.4, -0.2) is 20.9 Å². The summed E-state index contributed by atoms with van der Waals surface area (Å²) in [5, 5.41) is 22.7. The number of aromatic nitrogens is 1. The third kappa shape index (κ3) is 3.47. The Balaban J connectivity index is 2.33. The van der Waals surface area contributed by atoms with Gasteiger partial charge in [-0.05, 0) is 28.1 Å². The molecule has 1 heterocycles. The van der Waals surface area contributed by atoms with Gasteiger partial charge in [0.05, 0.1) is 16.2 Å². The normalized spacial score (nSPS) is 10.2. The highest BCUT2D eigenvalue weighted by atomic mass is 79.9. The Labute approximate surface area is 131 Å². The second-order valence-corrected chi connectivity index (χ2v) is 5.18. The van der Waals surface area contributed by atoms with Crippen LogP contribution in [0.1, 0.15) is 10.4 Å². The predicted molar refractivity (Wildman–Crippen MR) is 79.7 cm³/mol. The van der Waals surface area contributed by atoms with Gasteiger partial charge < -0.3 is 10.4 Å². The summed E-state index contributed by atoms with van der Waals surface area (Å²) in [5.74, 6) is -0.947. The average Bonchev–Trinajstić information content (AvgIpc) is 2.43. The van der Waals surface area contributed by atoms with Gasteiger partial charge in [-0.3, -0.25) is 14.9 Å². The number of hydrogen-bond acceptors (Lipinski definition) is 5. The summed E-state index contributed by atoms with van der Waals surface area (Å²) in [5.41, 5.74) is -0.288. The molecule has 0 aliphatic heterocycles. The van der Waals surface area contributed by atoms with Crippen molar-refractivity contribution < 1.29 is 14.8 Å². The minimum atomic E-state index is -0.649. The number of amides is 1. The number of rotatable bonds is 3. The molecule has 2 rings (SSSR count). The van der Waals surface area contributed by atoms with Crippen molar-refractivity contribution in [2.24, 2.45) is 0 Å². The molecule has 0 saturated carbocycles. The molecular weight excluding hydrogens is 366 g/mol. The maximum absolute atomic E-state index is 12.1. The van der Waals surface area contributed by atoms with Gasteiger partial charge in [0.1, 0.15) is 10.9 Å². The number of nitrogens with one attached hydrogen (secondary N) is 1. The van der Waals surface area contributed by atoms with Crippen LogP contribution in [0.25, 0.3) is 0 Å². The number of nitro groups is 1. The van der Waals surface area contributed by atoms with E-state index >= 15 is 0 Å². The van der Waals surface area contributed by atoms with Crippen LogP contribution in [0.3, 0.4) is 0 Å². The third-order valence-corrected chi connectivity index (χ3v) is 3.22. The number of non-ortho nitro benzene ring substituents is 1. The lowest BCUT2D eigenvalue weighted by molar-refractivity contribution is -0.384. The molecule has 9 heteroatoms. The maximum Gasteiger partial charge on any atom is 0.271 e. The Morgan fingerprint density at radius 3 is 2.81 bits per heavy atom. The predicted octanol–water partition coefficient (Wildman–Crippen LogP) is 3.36. The van der Waals surface area contributed by atoms with Crippen LogP contribution >= 0.6 is 27.5 Å². The monoisotopic (exact) mass is 371 g/mol. The van der Waals surface area contributed by atoms with E-state index in [-0.39, 0.29) is 27.8 Å². The van der Waals surface area contributed by atoms with Gasteiger partial charge in [-0.2, -0.15) is 0 Å². The second kappa shape index (κ2) is 6.06. The fourth-order valence-corrected chi connectivity index (χ4v) is 2.03. The fraction of sp³-hybridized carbons (Fsp3) is 0. The first-order valence-electron chi connectivity index (χ1n) is 5.48. The van der Waals surface area contributed by atoms with Crippen molar-refractivity contribution in [3.05, 3.63) is 55.8 Å². The Kier molecular flexibility index (Phi) is 4.39. The number of phenols is 1. The van der Waals surface area contributed by atoms with Gasteiger partial charge in [0.15, 0.2) is 0 Å². The molecule has 2 aromatic rings. The van der Waals surface area contributed by atoms with Crippen LogP contribution in [0.4, 0.5) is 11.4 Å². The van der Waals surface area contributed by atoms with E-state index in [1.165, 1.54) is 12.3 Å². The van der Waals surface area contributed by atoms with E-state index in [2.05, 4.69) is 26.2 Å². The van der Waals surface area contributed by atoms with E-state index in [4.69, 9.17) is 11.6 Å². The van der Waals surface area contributed by atoms with Gasteiger partial charge in [0.2, 0.25) is 0 Å². The van der Waals surface area contributed by atoms with Gasteiger partial charge >= 0.3 is 0 Å². The van der Waals surface area contributed by atoms with Crippen molar-refractivity contribution in [3.8, 4) is 5.75 Å². The van der Waals surface area contributed by atoms with Crippen molar-refractivity contribution in [1.82, 2.24) is 4.98 Å². The molecule has 0 atom stereocenters. The number of carbonyl (C=O) groups is 1. The highest BCUT2D eigenvalue weighted by Gasteiger charge is 2.16. The molecule has 1 aromatic carbocycles. The number of pyridine rings is 1. The zero-order chi connectivity index (χ0) is 15.6. The lowest BCUT2D eigenvalue weighted by atomic mass is 10.2. The SMILES string of the molecule is O=C(Nc1cc([N+](=O)[O-])ccc1O)c1cc(Br)cnc1Cl. The number of halogens is 2. The second-order valence-electron chi connectivity index (χ2n) is 3.90. The quantitative estimate of drug-likeness (QED) is 0.372. The molecule has 0 radical (unpaired) electrons. The van der Waals surface area contributed by atoms with Crippen LogP contribution < -0.4 is 5.32 Å². The first kappa shape index (κ1) is 15.2. The van der Waals surface area contributed by atoms with Crippen molar-refractivity contribution >= 4 is 44.8 Å². The molecule has 2 N–H and O–H groups in total. The zero-order valence-electron chi connectivity index (χ0n) is 10.2. The Bertz CT molecular complexity index is 738. The molecule has 0 aliphatic rings. The average molecular weight is 373 g/mol. The molecule has 0 aliphatic carbocycles. The molecule has 1 amide bonds. The smallest absolute Gasteiger partial charge is 0.271 e. The van der Waals surface area contributed by atoms with E-state index in [1.54, 1.807) is 0 Å². The molecule has 0 bridgehead atoms. The van der Waals surface area contributed by atoms with Gasteiger partial charge in [-0.25, -0.2) is 4.98 Å². The minimum Gasteiger partial charge on any atom is -0.506 e. The third-order valence-electron chi connectivity index (χ3n) is 2.49. The van der Waals surface area contributed by atoms with Crippen LogP contribution in [0.2, 0.25) is 5.15 Å². The van der Waals surface area contributed by atoms with Crippen molar-refractivity contribution in [2.45, 2.75) is 0 Å². The largest absolute Gasteiger partial charge is 0.506 e. The lowest BCUT2D eigenvalue weighted by Gasteiger charge is -2.08. The molecule has 7 nitrogen and oxygen atoms in total. The molecular formula is C12H7BrClN3O4. The van der Waals surface area contributed by atoms with Crippen LogP contribution in [0, 0.1) is 10.1 Å². The number of nitrogens with zero attached hydrogens (tertiary/aromatic N) is 2. The number of phenolic OH excluding ortho intramolecular Hbond substituents is 1. The van der Waals surface area contributed by atoms with Crippen LogP contribution in [0.15, 0.2) is 34.9 Å². The van der Waals surface area contributed by atoms with Crippen molar-refractivity contribution in [2.75, 3.05) is 5.32 Å². The summed E-state index contributed by atoms with van der Waals surface area (Å²) >= 11 is 8.97. The molecule has 108 valence electrons. The topological polar surface area (TPSA) is 105 Å². The number of hydrogen-bond donors (Lipinski definition) is 2. The maximum atomic E-state index is 12.1. The van der Waals surface area contributed by atoms with E-state index in [0.717, 1.165) is 18.2 Å². The van der Waals surface area contributed by atoms with Crippen LogP contribution in [0.5, 0.6) is 5.75 Å². The summed E-state index contributed by atoms with van der Waals surface area (Å²) in [4.78, 5) is 25.9. The number of nitro benzene ring substituents is 1. The number of anilines is 1. The fourth-order valence-electron chi connectivity index (χ4n) is 1.51. The first-order valence-corrected chi connectivity index (χ1v) is 6.65. The van der Waals surface area contributed by atoms with E-state index < -0.39 is 10.8 Å². The molecule has 1 aromatic heterocycles. The summed E-state index contributed by atoms with van der Waals surface area (Å²) in [6, 6.07) is 4.73. The highest BCUT2D eigenvalue weighted by Crippen LogP contribution is 2.29.